The number of fused-ring (bicyclic) bond motifs is 1. The number of halogens is 1. The summed E-state index contributed by atoms with van der Waals surface area (Å²) >= 11 is 0. The molecule has 3 rings (SSSR count). The van der Waals surface area contributed by atoms with Gasteiger partial charge < -0.3 is 20.1 Å². The molecule has 1 aliphatic rings. The van der Waals surface area contributed by atoms with E-state index in [1.807, 2.05) is 13.0 Å². The van der Waals surface area contributed by atoms with Crippen LogP contribution in [-0.4, -0.2) is 37.3 Å². The van der Waals surface area contributed by atoms with Gasteiger partial charge in [0.15, 0.2) is 0 Å². The number of hydrogen-bond acceptors (Lipinski definition) is 5. The molecule has 2 N–H and O–H groups in total. The lowest BCUT2D eigenvalue weighted by Gasteiger charge is -2.25. The largest absolute Gasteiger partial charge is 0.474 e. The third kappa shape index (κ3) is 4.49. The fourth-order valence-corrected chi connectivity index (χ4v) is 2.72. The number of benzene rings is 1. The SMILES string of the molecule is COCCC(=O)Nc1nc2c(cc1Cc1ccc(F)cc1)N[C@@H](C)CO2. The van der Waals surface area contributed by atoms with Gasteiger partial charge in [-0.15, -0.1) is 0 Å². The van der Waals surface area contributed by atoms with Crippen LogP contribution in [-0.2, 0) is 16.0 Å². The van der Waals surface area contributed by atoms with Crippen molar-refractivity contribution in [2.24, 2.45) is 0 Å². The van der Waals surface area contributed by atoms with Crippen LogP contribution in [0.3, 0.4) is 0 Å². The minimum Gasteiger partial charge on any atom is -0.474 e. The highest BCUT2D eigenvalue weighted by atomic mass is 19.1. The smallest absolute Gasteiger partial charge is 0.239 e. The Morgan fingerprint density at radius 2 is 2.19 bits per heavy atom. The first-order valence-corrected chi connectivity index (χ1v) is 8.51. The Bertz CT molecular complexity index is 780. The summed E-state index contributed by atoms with van der Waals surface area (Å²) in [7, 11) is 1.55. The molecule has 0 fully saturated rings. The highest BCUT2D eigenvalue weighted by Crippen LogP contribution is 2.32. The van der Waals surface area contributed by atoms with Crippen molar-refractivity contribution in [3.05, 3.63) is 47.3 Å². The van der Waals surface area contributed by atoms with Gasteiger partial charge in [-0.1, -0.05) is 12.1 Å². The van der Waals surface area contributed by atoms with Crippen LogP contribution in [0.5, 0.6) is 5.88 Å². The number of rotatable bonds is 6. The summed E-state index contributed by atoms with van der Waals surface area (Å²) in [5.41, 5.74) is 2.53. The van der Waals surface area contributed by atoms with Crippen LogP contribution in [0.25, 0.3) is 0 Å². The molecule has 0 aliphatic carbocycles. The zero-order valence-corrected chi connectivity index (χ0v) is 14.8. The van der Waals surface area contributed by atoms with Gasteiger partial charge in [-0.2, -0.15) is 4.98 Å². The summed E-state index contributed by atoms with van der Waals surface area (Å²) in [6.45, 7) is 2.86. The van der Waals surface area contributed by atoms with Crippen molar-refractivity contribution >= 4 is 17.4 Å². The molecule has 1 aromatic heterocycles. The number of hydrogen-bond donors (Lipinski definition) is 2. The van der Waals surface area contributed by atoms with E-state index in [1.165, 1.54) is 12.1 Å². The van der Waals surface area contributed by atoms with E-state index in [4.69, 9.17) is 9.47 Å². The first kappa shape index (κ1) is 18.1. The van der Waals surface area contributed by atoms with Gasteiger partial charge in [0.1, 0.15) is 18.2 Å². The average molecular weight is 359 g/mol. The zero-order valence-electron chi connectivity index (χ0n) is 14.8. The van der Waals surface area contributed by atoms with E-state index in [2.05, 4.69) is 15.6 Å². The van der Waals surface area contributed by atoms with Crippen molar-refractivity contribution in [2.75, 3.05) is 31.0 Å². The molecule has 0 bridgehead atoms. The van der Waals surface area contributed by atoms with Crippen LogP contribution in [0, 0.1) is 5.82 Å². The van der Waals surface area contributed by atoms with Crippen molar-refractivity contribution in [1.29, 1.82) is 0 Å². The number of carbonyl (C=O) groups excluding carboxylic acids is 1. The molecule has 138 valence electrons. The van der Waals surface area contributed by atoms with E-state index in [-0.39, 0.29) is 24.2 Å². The summed E-state index contributed by atoms with van der Waals surface area (Å²) < 4.78 is 23.8. The Kier molecular flexibility index (Phi) is 5.68. The predicted molar refractivity (Wildman–Crippen MR) is 97.1 cm³/mol. The third-order valence-corrected chi connectivity index (χ3v) is 4.04. The minimum absolute atomic E-state index is 0.171. The number of anilines is 2. The molecular weight excluding hydrogens is 337 g/mol. The van der Waals surface area contributed by atoms with E-state index in [0.717, 1.165) is 16.8 Å². The fourth-order valence-electron chi connectivity index (χ4n) is 2.72. The van der Waals surface area contributed by atoms with Gasteiger partial charge in [0.25, 0.3) is 0 Å². The molecule has 7 heteroatoms. The van der Waals surface area contributed by atoms with E-state index in [0.29, 0.717) is 31.3 Å². The molecule has 0 radical (unpaired) electrons. The summed E-state index contributed by atoms with van der Waals surface area (Å²) in [5, 5.41) is 6.16. The number of amides is 1. The summed E-state index contributed by atoms with van der Waals surface area (Å²) in [6, 6.07) is 8.37. The van der Waals surface area contributed by atoms with Gasteiger partial charge in [-0.05, 0) is 30.7 Å². The highest BCUT2D eigenvalue weighted by Gasteiger charge is 2.20. The lowest BCUT2D eigenvalue weighted by Crippen LogP contribution is -2.29. The summed E-state index contributed by atoms with van der Waals surface area (Å²) in [4.78, 5) is 16.6. The molecule has 2 heterocycles. The van der Waals surface area contributed by atoms with Gasteiger partial charge in [-0.25, -0.2) is 4.39 Å². The maximum atomic E-state index is 13.2. The minimum atomic E-state index is -0.283. The number of carbonyl (C=O) groups is 1. The lowest BCUT2D eigenvalue weighted by molar-refractivity contribution is -0.117. The lowest BCUT2D eigenvalue weighted by atomic mass is 10.0. The van der Waals surface area contributed by atoms with Crippen LogP contribution in [0.4, 0.5) is 15.9 Å². The molecular formula is C19H22FN3O3. The number of nitrogens with one attached hydrogen (secondary N) is 2. The Labute approximate surface area is 151 Å². The molecule has 26 heavy (non-hydrogen) atoms. The second kappa shape index (κ2) is 8.14. The van der Waals surface area contributed by atoms with E-state index < -0.39 is 0 Å². The monoisotopic (exact) mass is 359 g/mol. The number of ether oxygens (including phenoxy) is 2. The summed E-state index contributed by atoms with van der Waals surface area (Å²) in [5.74, 6) is 0.449. The Morgan fingerprint density at radius 3 is 2.92 bits per heavy atom. The van der Waals surface area contributed by atoms with Crippen LogP contribution < -0.4 is 15.4 Å². The number of methoxy groups -OCH3 is 1. The van der Waals surface area contributed by atoms with Crippen molar-refractivity contribution in [2.45, 2.75) is 25.8 Å². The maximum absolute atomic E-state index is 13.2. The molecule has 6 nitrogen and oxygen atoms in total. The number of pyridine rings is 1. The first-order valence-electron chi connectivity index (χ1n) is 8.51. The van der Waals surface area contributed by atoms with E-state index in [9.17, 15) is 9.18 Å². The van der Waals surface area contributed by atoms with Crippen LogP contribution in [0.2, 0.25) is 0 Å². The second-order valence-corrected chi connectivity index (χ2v) is 6.30. The normalized spacial score (nSPS) is 15.6. The maximum Gasteiger partial charge on any atom is 0.239 e. The molecule has 1 atom stereocenters. The topological polar surface area (TPSA) is 72.5 Å². The van der Waals surface area contributed by atoms with E-state index in [1.54, 1.807) is 19.2 Å². The first-order chi connectivity index (χ1) is 12.5. The number of nitrogens with zero attached hydrogens (tertiary/aromatic N) is 1. The predicted octanol–water partition coefficient (Wildman–Crippen LogP) is 2.98. The molecule has 1 aromatic carbocycles. The Balaban J connectivity index is 1.89. The van der Waals surface area contributed by atoms with Crippen LogP contribution in [0.1, 0.15) is 24.5 Å². The Hall–Kier alpha value is -2.67. The molecule has 1 amide bonds. The molecule has 2 aromatic rings. The molecule has 0 saturated carbocycles. The number of aromatic nitrogens is 1. The van der Waals surface area contributed by atoms with Crippen molar-refractivity contribution in [3.63, 3.8) is 0 Å². The molecule has 0 spiro atoms. The van der Waals surface area contributed by atoms with Gasteiger partial charge >= 0.3 is 0 Å². The van der Waals surface area contributed by atoms with Crippen molar-refractivity contribution in [1.82, 2.24) is 4.98 Å². The van der Waals surface area contributed by atoms with Crippen molar-refractivity contribution < 1.29 is 18.7 Å². The quantitative estimate of drug-likeness (QED) is 0.830. The van der Waals surface area contributed by atoms with Crippen LogP contribution >= 0.6 is 0 Å². The van der Waals surface area contributed by atoms with Crippen LogP contribution in [0.15, 0.2) is 30.3 Å². The molecule has 1 aliphatic heterocycles. The zero-order chi connectivity index (χ0) is 18.5. The van der Waals surface area contributed by atoms with E-state index >= 15 is 0 Å². The van der Waals surface area contributed by atoms with Gasteiger partial charge in [0.05, 0.1) is 24.8 Å². The third-order valence-electron chi connectivity index (χ3n) is 4.04. The summed E-state index contributed by atoms with van der Waals surface area (Å²) in [6.07, 6.45) is 0.748. The molecule has 0 unspecified atom stereocenters. The van der Waals surface area contributed by atoms with Gasteiger partial charge in [0, 0.05) is 19.1 Å². The standard InChI is InChI=1S/C19H22FN3O3/c1-12-11-26-19-16(21-12)10-14(9-13-3-5-15(20)6-4-13)18(23-19)22-17(24)7-8-25-2/h3-6,10,12,21H,7-9,11H2,1-2H3,(H,22,23,24)/t12-/m0/s1. The fraction of sp³-hybridized carbons (Fsp3) is 0.368. The Morgan fingerprint density at radius 1 is 1.42 bits per heavy atom. The van der Waals surface area contributed by atoms with Crippen molar-refractivity contribution in [3.8, 4) is 5.88 Å². The van der Waals surface area contributed by atoms with Gasteiger partial charge in [-0.3, -0.25) is 4.79 Å². The molecule has 0 saturated heterocycles. The van der Waals surface area contributed by atoms with Gasteiger partial charge in [0.2, 0.25) is 11.8 Å². The average Bonchev–Trinajstić information content (AvgIpc) is 2.62. The highest BCUT2D eigenvalue weighted by molar-refractivity contribution is 5.91. The second-order valence-electron chi connectivity index (χ2n) is 6.30.